The molecule has 2 rings (SSSR count). The van der Waals surface area contributed by atoms with Crippen LogP contribution in [-0.4, -0.2) is 16.1 Å². The summed E-state index contributed by atoms with van der Waals surface area (Å²) in [7, 11) is 0. The fourth-order valence-electron chi connectivity index (χ4n) is 1.87. The molecule has 2 aromatic rings. The number of carboxylic acid groups (broad SMARTS) is 1. The molecule has 0 aliphatic heterocycles. The number of hydrogen-bond acceptors (Lipinski definition) is 2. The molecule has 0 aliphatic carbocycles. The van der Waals surface area contributed by atoms with Crippen molar-refractivity contribution in [3.8, 4) is 0 Å². The Balaban J connectivity index is 2.44. The molecule has 1 aromatic heterocycles. The van der Waals surface area contributed by atoms with Gasteiger partial charge in [0.1, 0.15) is 0 Å². The van der Waals surface area contributed by atoms with E-state index in [1.54, 1.807) is 6.07 Å². The van der Waals surface area contributed by atoms with Crippen LogP contribution >= 0.6 is 0 Å². The van der Waals surface area contributed by atoms with Gasteiger partial charge in [0, 0.05) is 12.1 Å². The summed E-state index contributed by atoms with van der Waals surface area (Å²) in [5.74, 6) is -0.959. The molecule has 0 saturated heterocycles. The fourth-order valence-corrected chi connectivity index (χ4v) is 1.87. The third kappa shape index (κ3) is 2.33. The summed E-state index contributed by atoms with van der Waals surface area (Å²) in [4.78, 5) is 15.0. The van der Waals surface area contributed by atoms with E-state index in [-0.39, 0.29) is 11.6 Å². The third-order valence-corrected chi connectivity index (χ3v) is 2.81. The number of nitrogens with zero attached hydrogens (tertiary/aromatic N) is 1. The van der Waals surface area contributed by atoms with E-state index in [9.17, 15) is 4.79 Å². The lowest BCUT2D eigenvalue weighted by Gasteiger charge is -2.13. The SMILES string of the molecule is CC(c1ccccc1)c1cccnc1C(=O)O. The molecule has 17 heavy (non-hydrogen) atoms. The Morgan fingerprint density at radius 2 is 1.88 bits per heavy atom. The molecular weight excluding hydrogens is 214 g/mol. The van der Waals surface area contributed by atoms with Gasteiger partial charge in [-0.15, -0.1) is 0 Å². The van der Waals surface area contributed by atoms with E-state index in [0.29, 0.717) is 0 Å². The topological polar surface area (TPSA) is 50.2 Å². The number of aromatic carboxylic acids is 1. The molecule has 1 aromatic carbocycles. The van der Waals surface area contributed by atoms with E-state index in [1.165, 1.54) is 6.20 Å². The average molecular weight is 227 g/mol. The van der Waals surface area contributed by atoms with Gasteiger partial charge in [-0.25, -0.2) is 9.78 Å². The Hall–Kier alpha value is -2.16. The Morgan fingerprint density at radius 1 is 1.18 bits per heavy atom. The van der Waals surface area contributed by atoms with E-state index in [1.807, 2.05) is 43.3 Å². The molecule has 1 N–H and O–H groups in total. The first-order chi connectivity index (χ1) is 8.20. The van der Waals surface area contributed by atoms with Crippen molar-refractivity contribution >= 4 is 5.97 Å². The molecule has 0 radical (unpaired) electrons. The number of hydrogen-bond donors (Lipinski definition) is 1. The first-order valence-electron chi connectivity index (χ1n) is 5.43. The lowest BCUT2D eigenvalue weighted by atomic mass is 9.92. The molecule has 1 heterocycles. The highest BCUT2D eigenvalue weighted by molar-refractivity contribution is 5.87. The molecule has 1 unspecified atom stereocenters. The van der Waals surface area contributed by atoms with Crippen molar-refractivity contribution in [1.82, 2.24) is 4.98 Å². The second kappa shape index (κ2) is 4.78. The second-order valence-corrected chi connectivity index (χ2v) is 3.88. The lowest BCUT2D eigenvalue weighted by molar-refractivity contribution is 0.0689. The highest BCUT2D eigenvalue weighted by Gasteiger charge is 2.17. The molecule has 0 amide bonds. The predicted molar refractivity (Wildman–Crippen MR) is 65.2 cm³/mol. The van der Waals surface area contributed by atoms with E-state index in [4.69, 9.17) is 5.11 Å². The highest BCUT2D eigenvalue weighted by atomic mass is 16.4. The Morgan fingerprint density at radius 3 is 2.53 bits per heavy atom. The molecule has 0 bridgehead atoms. The summed E-state index contributed by atoms with van der Waals surface area (Å²) >= 11 is 0. The summed E-state index contributed by atoms with van der Waals surface area (Å²) in [5.41, 5.74) is 1.96. The maximum absolute atomic E-state index is 11.1. The van der Waals surface area contributed by atoms with Crippen LogP contribution in [0.5, 0.6) is 0 Å². The average Bonchev–Trinajstić information content (AvgIpc) is 2.39. The number of benzene rings is 1. The van der Waals surface area contributed by atoms with Gasteiger partial charge in [0.25, 0.3) is 0 Å². The zero-order chi connectivity index (χ0) is 12.3. The number of aromatic nitrogens is 1. The standard InChI is InChI=1S/C14H13NO2/c1-10(11-6-3-2-4-7-11)12-8-5-9-15-13(12)14(16)17/h2-10H,1H3,(H,16,17). The largest absolute Gasteiger partial charge is 0.477 e. The van der Waals surface area contributed by atoms with E-state index in [2.05, 4.69) is 4.98 Å². The normalized spacial score (nSPS) is 12.1. The number of rotatable bonds is 3. The molecule has 0 saturated carbocycles. The third-order valence-electron chi connectivity index (χ3n) is 2.81. The van der Waals surface area contributed by atoms with Crippen molar-refractivity contribution in [2.45, 2.75) is 12.8 Å². The minimum Gasteiger partial charge on any atom is -0.477 e. The summed E-state index contributed by atoms with van der Waals surface area (Å²) < 4.78 is 0. The van der Waals surface area contributed by atoms with Crippen molar-refractivity contribution in [3.63, 3.8) is 0 Å². The van der Waals surface area contributed by atoms with Crippen molar-refractivity contribution in [3.05, 3.63) is 65.5 Å². The summed E-state index contributed by atoms with van der Waals surface area (Å²) in [6.45, 7) is 1.98. The Labute approximate surface area is 99.8 Å². The maximum atomic E-state index is 11.1. The first-order valence-corrected chi connectivity index (χ1v) is 5.43. The predicted octanol–water partition coefficient (Wildman–Crippen LogP) is 2.93. The van der Waals surface area contributed by atoms with Crippen LogP contribution in [0.15, 0.2) is 48.7 Å². The van der Waals surface area contributed by atoms with Crippen LogP contribution in [0.1, 0.15) is 34.5 Å². The van der Waals surface area contributed by atoms with E-state index in [0.717, 1.165) is 11.1 Å². The van der Waals surface area contributed by atoms with Crippen LogP contribution in [0.25, 0.3) is 0 Å². The van der Waals surface area contributed by atoms with Crippen molar-refractivity contribution in [2.75, 3.05) is 0 Å². The lowest BCUT2D eigenvalue weighted by Crippen LogP contribution is -2.08. The van der Waals surface area contributed by atoms with Crippen LogP contribution < -0.4 is 0 Å². The van der Waals surface area contributed by atoms with Gasteiger partial charge in [0.2, 0.25) is 0 Å². The molecule has 86 valence electrons. The van der Waals surface area contributed by atoms with Crippen LogP contribution in [0, 0.1) is 0 Å². The number of carbonyl (C=O) groups is 1. The van der Waals surface area contributed by atoms with Crippen LogP contribution in [0.2, 0.25) is 0 Å². The molecule has 3 nitrogen and oxygen atoms in total. The Bertz CT molecular complexity index is 523. The van der Waals surface area contributed by atoms with Gasteiger partial charge in [-0.05, 0) is 17.2 Å². The maximum Gasteiger partial charge on any atom is 0.354 e. The second-order valence-electron chi connectivity index (χ2n) is 3.88. The van der Waals surface area contributed by atoms with Gasteiger partial charge in [-0.1, -0.05) is 43.3 Å². The van der Waals surface area contributed by atoms with Crippen molar-refractivity contribution < 1.29 is 9.90 Å². The van der Waals surface area contributed by atoms with Gasteiger partial charge >= 0.3 is 5.97 Å². The van der Waals surface area contributed by atoms with E-state index >= 15 is 0 Å². The van der Waals surface area contributed by atoms with Crippen molar-refractivity contribution in [2.24, 2.45) is 0 Å². The van der Waals surface area contributed by atoms with Gasteiger partial charge in [0.15, 0.2) is 5.69 Å². The quantitative estimate of drug-likeness (QED) is 0.877. The van der Waals surface area contributed by atoms with Gasteiger partial charge in [0.05, 0.1) is 0 Å². The minimum atomic E-state index is -0.983. The highest BCUT2D eigenvalue weighted by Crippen LogP contribution is 2.25. The zero-order valence-electron chi connectivity index (χ0n) is 9.50. The summed E-state index contributed by atoms with van der Waals surface area (Å²) in [6.07, 6.45) is 1.50. The number of pyridine rings is 1. The molecular formula is C14H13NO2. The smallest absolute Gasteiger partial charge is 0.354 e. The van der Waals surface area contributed by atoms with Crippen LogP contribution in [0.3, 0.4) is 0 Å². The minimum absolute atomic E-state index is 0.0241. The summed E-state index contributed by atoms with van der Waals surface area (Å²) in [6, 6.07) is 13.4. The van der Waals surface area contributed by atoms with Crippen molar-refractivity contribution in [1.29, 1.82) is 0 Å². The summed E-state index contributed by atoms with van der Waals surface area (Å²) in [5, 5.41) is 9.10. The molecule has 1 atom stereocenters. The van der Waals surface area contributed by atoms with Gasteiger partial charge < -0.3 is 5.11 Å². The van der Waals surface area contributed by atoms with Gasteiger partial charge in [-0.3, -0.25) is 0 Å². The Kier molecular flexibility index (Phi) is 3.19. The number of carboxylic acids is 1. The molecule has 0 spiro atoms. The molecule has 0 aliphatic rings. The monoisotopic (exact) mass is 227 g/mol. The van der Waals surface area contributed by atoms with Gasteiger partial charge in [-0.2, -0.15) is 0 Å². The fraction of sp³-hybridized carbons (Fsp3) is 0.143. The zero-order valence-corrected chi connectivity index (χ0v) is 9.50. The van der Waals surface area contributed by atoms with E-state index < -0.39 is 5.97 Å². The molecule has 0 fully saturated rings. The van der Waals surface area contributed by atoms with Crippen LogP contribution in [0.4, 0.5) is 0 Å². The van der Waals surface area contributed by atoms with Crippen LogP contribution in [-0.2, 0) is 0 Å². The molecule has 3 heteroatoms. The first kappa shape index (κ1) is 11.3.